The Morgan fingerprint density at radius 2 is 1.71 bits per heavy atom. The highest BCUT2D eigenvalue weighted by Crippen LogP contribution is 2.26. The molecule has 0 fully saturated rings. The molecule has 2 amide bonds. The molecule has 2 rings (SSSR count). The Balaban J connectivity index is 2.46. The molecule has 0 saturated heterocycles. The van der Waals surface area contributed by atoms with Gasteiger partial charge in [0.15, 0.2) is 0 Å². The van der Waals surface area contributed by atoms with Crippen LogP contribution in [0.1, 0.15) is 34.1 Å². The molecule has 1 aliphatic rings. The summed E-state index contributed by atoms with van der Waals surface area (Å²) < 4.78 is 0. The van der Waals surface area contributed by atoms with Crippen LogP contribution in [0.2, 0.25) is 0 Å². The minimum Gasteiger partial charge on any atom is -0.279 e. The molecule has 1 aromatic carbocycles. The fourth-order valence-corrected chi connectivity index (χ4v) is 2.19. The van der Waals surface area contributed by atoms with Gasteiger partial charge in [-0.1, -0.05) is 19.1 Å². The van der Waals surface area contributed by atoms with E-state index in [1.165, 1.54) is 0 Å². The summed E-state index contributed by atoms with van der Waals surface area (Å²) in [6.45, 7) is 1.70. The second-order valence-electron chi connectivity index (χ2n) is 3.75. The molecule has 0 unspecified atom stereocenters. The second-order valence-corrected chi connectivity index (χ2v) is 4.13. The predicted molar refractivity (Wildman–Crippen MR) is 61.9 cm³/mol. The molecular formula is C12H10ClNO3. The van der Waals surface area contributed by atoms with Crippen LogP contribution in [0, 0.1) is 0 Å². The van der Waals surface area contributed by atoms with Gasteiger partial charge >= 0.3 is 0 Å². The van der Waals surface area contributed by atoms with E-state index in [4.69, 9.17) is 11.6 Å². The Morgan fingerprint density at radius 3 is 2.06 bits per heavy atom. The summed E-state index contributed by atoms with van der Waals surface area (Å²) in [7, 11) is 0. The Bertz CT molecular complexity index is 477. The van der Waals surface area contributed by atoms with E-state index in [0.29, 0.717) is 17.5 Å². The van der Waals surface area contributed by atoms with Crippen molar-refractivity contribution in [3.05, 3.63) is 35.4 Å². The van der Waals surface area contributed by atoms with Crippen LogP contribution < -0.4 is 0 Å². The quantitative estimate of drug-likeness (QED) is 0.608. The van der Waals surface area contributed by atoms with Crippen molar-refractivity contribution in [2.24, 2.45) is 0 Å². The highest BCUT2D eigenvalue weighted by molar-refractivity contribution is 6.65. The first-order valence-electron chi connectivity index (χ1n) is 5.24. The summed E-state index contributed by atoms with van der Waals surface area (Å²) >= 11 is 5.41. The minimum absolute atomic E-state index is 0.313. The van der Waals surface area contributed by atoms with E-state index in [9.17, 15) is 14.4 Å². The number of fused-ring (bicyclic) bond motifs is 1. The van der Waals surface area contributed by atoms with Crippen LogP contribution in [0.5, 0.6) is 0 Å². The van der Waals surface area contributed by atoms with E-state index in [1.807, 2.05) is 0 Å². The lowest BCUT2D eigenvalue weighted by Gasteiger charge is -2.21. The molecule has 0 spiro atoms. The van der Waals surface area contributed by atoms with Gasteiger partial charge in [-0.25, -0.2) is 0 Å². The van der Waals surface area contributed by atoms with Crippen LogP contribution >= 0.6 is 11.6 Å². The van der Waals surface area contributed by atoms with Gasteiger partial charge in [0.1, 0.15) is 6.04 Å². The number of nitrogens with zero attached hydrogens (tertiary/aromatic N) is 1. The molecule has 0 radical (unpaired) electrons. The zero-order valence-corrected chi connectivity index (χ0v) is 9.90. The van der Waals surface area contributed by atoms with Crippen LogP contribution in [0.3, 0.4) is 0 Å². The summed E-state index contributed by atoms with van der Waals surface area (Å²) in [5.74, 6) is -0.905. The lowest BCUT2D eigenvalue weighted by atomic mass is 10.1. The van der Waals surface area contributed by atoms with Gasteiger partial charge in [0, 0.05) is 0 Å². The van der Waals surface area contributed by atoms with Gasteiger partial charge in [0.25, 0.3) is 11.8 Å². The average Bonchev–Trinajstić information content (AvgIpc) is 2.56. The summed E-state index contributed by atoms with van der Waals surface area (Å²) in [6.07, 6.45) is 0.313. The molecule has 4 nitrogen and oxygen atoms in total. The summed E-state index contributed by atoms with van der Waals surface area (Å²) in [5, 5.41) is -0.693. The molecule has 1 atom stereocenters. The van der Waals surface area contributed by atoms with Gasteiger partial charge in [-0.05, 0) is 30.2 Å². The highest BCUT2D eigenvalue weighted by atomic mass is 35.5. The Labute approximate surface area is 103 Å². The van der Waals surface area contributed by atoms with Crippen molar-refractivity contribution in [1.29, 1.82) is 0 Å². The van der Waals surface area contributed by atoms with E-state index >= 15 is 0 Å². The zero-order chi connectivity index (χ0) is 12.6. The van der Waals surface area contributed by atoms with Gasteiger partial charge in [-0.2, -0.15) is 0 Å². The van der Waals surface area contributed by atoms with Crippen molar-refractivity contribution >= 4 is 28.7 Å². The van der Waals surface area contributed by atoms with Crippen LogP contribution in [0.15, 0.2) is 24.3 Å². The van der Waals surface area contributed by atoms with Crippen LogP contribution in [-0.2, 0) is 4.79 Å². The predicted octanol–water partition coefficient (Wildman–Crippen LogP) is 1.83. The zero-order valence-electron chi connectivity index (χ0n) is 9.14. The normalized spacial score (nSPS) is 16.0. The maximum atomic E-state index is 12.0. The van der Waals surface area contributed by atoms with Crippen molar-refractivity contribution in [3.63, 3.8) is 0 Å². The molecule has 1 aliphatic heterocycles. The molecule has 0 aromatic heterocycles. The number of amides is 2. The third-order valence-electron chi connectivity index (χ3n) is 2.79. The molecular weight excluding hydrogens is 242 g/mol. The van der Waals surface area contributed by atoms with E-state index in [1.54, 1.807) is 31.2 Å². The smallest absolute Gasteiger partial charge is 0.262 e. The first-order valence-corrected chi connectivity index (χ1v) is 5.62. The maximum Gasteiger partial charge on any atom is 0.262 e. The van der Waals surface area contributed by atoms with E-state index in [0.717, 1.165) is 4.90 Å². The largest absolute Gasteiger partial charge is 0.279 e. The van der Waals surface area contributed by atoms with Gasteiger partial charge in [-0.3, -0.25) is 19.3 Å². The van der Waals surface area contributed by atoms with E-state index in [2.05, 4.69) is 0 Å². The Hall–Kier alpha value is -1.68. The number of halogens is 1. The lowest BCUT2D eigenvalue weighted by molar-refractivity contribution is -0.115. The standard InChI is InChI=1S/C12H10ClNO3/c1-2-9(10(13)15)14-11(16)7-5-3-4-6-8(7)12(14)17/h3-6,9H,2H2,1H3/t9-/m1/s1. The Kier molecular flexibility index (Phi) is 2.98. The highest BCUT2D eigenvalue weighted by Gasteiger charge is 2.41. The van der Waals surface area contributed by atoms with Gasteiger partial charge < -0.3 is 0 Å². The second kappa shape index (κ2) is 4.30. The molecule has 88 valence electrons. The number of hydrogen-bond acceptors (Lipinski definition) is 3. The molecule has 17 heavy (non-hydrogen) atoms. The van der Waals surface area contributed by atoms with E-state index in [-0.39, 0.29) is 0 Å². The van der Waals surface area contributed by atoms with Crippen LogP contribution in [0.4, 0.5) is 0 Å². The summed E-state index contributed by atoms with van der Waals surface area (Å²) in [6, 6.07) is 5.61. The van der Waals surface area contributed by atoms with Gasteiger partial charge in [0.2, 0.25) is 5.24 Å². The van der Waals surface area contributed by atoms with Crippen LogP contribution in [0.25, 0.3) is 0 Å². The summed E-state index contributed by atoms with van der Waals surface area (Å²) in [5.41, 5.74) is 0.655. The first kappa shape index (κ1) is 11.8. The monoisotopic (exact) mass is 251 g/mol. The van der Waals surface area contributed by atoms with Gasteiger partial charge in [-0.15, -0.1) is 0 Å². The third kappa shape index (κ3) is 1.74. The number of hydrogen-bond donors (Lipinski definition) is 0. The van der Waals surface area contributed by atoms with E-state index < -0.39 is 23.1 Å². The fourth-order valence-electron chi connectivity index (χ4n) is 1.94. The summed E-state index contributed by atoms with van der Waals surface area (Å²) in [4.78, 5) is 36.2. The topological polar surface area (TPSA) is 54.5 Å². The van der Waals surface area contributed by atoms with Crippen molar-refractivity contribution in [2.45, 2.75) is 19.4 Å². The Morgan fingerprint density at radius 1 is 1.24 bits per heavy atom. The molecule has 0 saturated carbocycles. The van der Waals surface area contributed by atoms with Crippen molar-refractivity contribution in [1.82, 2.24) is 4.90 Å². The molecule has 1 aromatic rings. The molecule has 1 heterocycles. The third-order valence-corrected chi connectivity index (χ3v) is 3.04. The first-order chi connectivity index (χ1) is 8.07. The van der Waals surface area contributed by atoms with Crippen molar-refractivity contribution < 1.29 is 14.4 Å². The number of rotatable bonds is 3. The molecule has 0 bridgehead atoms. The number of imide groups is 1. The van der Waals surface area contributed by atoms with Crippen LogP contribution in [-0.4, -0.2) is 28.0 Å². The number of carbonyl (C=O) groups is 3. The SMILES string of the molecule is CC[C@H](C(=O)Cl)N1C(=O)c2ccccc2C1=O. The van der Waals surface area contributed by atoms with Crippen molar-refractivity contribution in [2.75, 3.05) is 0 Å². The fraction of sp³-hybridized carbons (Fsp3) is 0.250. The number of carbonyl (C=O) groups excluding carboxylic acids is 3. The maximum absolute atomic E-state index is 12.0. The average molecular weight is 252 g/mol. The number of benzene rings is 1. The molecule has 5 heteroatoms. The lowest BCUT2D eigenvalue weighted by Crippen LogP contribution is -2.42. The van der Waals surface area contributed by atoms with Gasteiger partial charge in [0.05, 0.1) is 11.1 Å². The molecule has 0 N–H and O–H groups in total. The molecule has 0 aliphatic carbocycles. The minimum atomic E-state index is -0.885. The van der Waals surface area contributed by atoms with Crippen molar-refractivity contribution in [3.8, 4) is 0 Å².